The van der Waals surface area contributed by atoms with Crippen LogP contribution in [0.25, 0.3) is 80.7 Å². The van der Waals surface area contributed by atoms with Gasteiger partial charge in [0, 0.05) is 48.0 Å². The molecule has 11 aromatic rings. The molecule has 2 aromatic heterocycles. The van der Waals surface area contributed by atoms with Gasteiger partial charge in [-0.05, 0) is 99.5 Å². The first-order chi connectivity index (χ1) is 41.4. The quantitative estimate of drug-likeness (QED) is 0.164. The van der Waals surface area contributed by atoms with E-state index in [1.54, 1.807) is 0 Å². The van der Waals surface area contributed by atoms with Crippen molar-refractivity contribution in [1.82, 2.24) is 4.57 Å². The van der Waals surface area contributed by atoms with Crippen molar-refractivity contribution in [3.8, 4) is 27.9 Å². The molecule has 0 aliphatic heterocycles. The highest BCUT2D eigenvalue weighted by Crippen LogP contribution is 2.48. The second-order valence-electron chi connectivity index (χ2n) is 11.5. The Balaban J connectivity index is 1.32. The highest BCUT2D eigenvalue weighted by Gasteiger charge is 2.21. The Morgan fingerprint density at radius 2 is 1.02 bits per heavy atom. The monoisotopic (exact) mass is 752 g/mol. The van der Waals surface area contributed by atoms with Crippen LogP contribution in [0.5, 0.6) is 0 Å². The maximum Gasteiger partial charge on any atom is 0.0645 e. The van der Waals surface area contributed by atoms with Crippen molar-refractivity contribution in [2.24, 2.45) is 0 Å². The summed E-state index contributed by atoms with van der Waals surface area (Å²) in [6.07, 6.45) is 0. The van der Waals surface area contributed by atoms with E-state index in [9.17, 15) is 19.2 Å². The van der Waals surface area contributed by atoms with Crippen molar-refractivity contribution in [3.63, 3.8) is 0 Å². The van der Waals surface area contributed by atoms with E-state index in [1.165, 1.54) is 0 Å². The summed E-state index contributed by atoms with van der Waals surface area (Å²) in [6, 6.07) is -34.0. The summed E-state index contributed by atoms with van der Waals surface area (Å²) in [5.41, 5.74) is -8.69. The summed E-state index contributed by atoms with van der Waals surface area (Å²) >= 11 is 0.398. The topological polar surface area (TPSA) is 8.17 Å². The summed E-state index contributed by atoms with van der Waals surface area (Å²) in [5.74, 6) is 0. The summed E-state index contributed by atoms with van der Waals surface area (Å²) in [4.78, 5) is 0.435. The molecule has 0 fully saturated rings. The molecule has 2 heterocycles. The zero-order chi connectivity index (χ0) is 65.9. The molecule has 0 aliphatic carbocycles. The summed E-state index contributed by atoms with van der Waals surface area (Å²) in [6.45, 7) is 0. The molecule has 0 aliphatic rings. The molecule has 2 nitrogen and oxygen atoms in total. The SMILES string of the molecule is [2H]c1c([2H])c([2H])c(N(c2c([2H])c([2H])c(-c3c([2H])c([2H])c4c([2H])c([2H])c([2H])c([2H])c4c3[2H])c([2H])c2[2H])c2c([2H])c([2H])c(-c3c([2H])c([2H])c(-n4c5c([2H])c([2H])c([2H])c([2H])c5c5c([2H])c([2H])c([2H])c([2H])c54)c([2H])c3[2H])c3sc4c([2H])c([2H])c([2H])c([2H])c4c23)c([2H])c1[2H]. The van der Waals surface area contributed by atoms with E-state index < -0.39 is 303 Å². The molecule has 9 aromatic carbocycles. The van der Waals surface area contributed by atoms with Gasteiger partial charge in [0.25, 0.3) is 0 Å². The molecule has 0 amide bonds. The predicted octanol–water partition coefficient (Wildman–Crippen LogP) is 15.1. The van der Waals surface area contributed by atoms with Crippen LogP contribution < -0.4 is 4.90 Å². The van der Waals surface area contributed by atoms with Gasteiger partial charge in [0.15, 0.2) is 0 Å². The van der Waals surface area contributed by atoms with Crippen molar-refractivity contribution in [3.05, 3.63) is 205 Å². The highest BCUT2D eigenvalue weighted by molar-refractivity contribution is 7.26. The van der Waals surface area contributed by atoms with Crippen LogP contribution in [-0.2, 0) is 0 Å². The molecule has 0 atom stereocenters. The highest BCUT2D eigenvalue weighted by atomic mass is 32.1. The fraction of sp³-hybridized carbons (Fsp3) is 0. The van der Waals surface area contributed by atoms with E-state index in [4.69, 9.17) is 27.4 Å². The van der Waals surface area contributed by atoms with E-state index in [-0.39, 0.29) is 0 Å². The number of fused-ring (bicyclic) bond motifs is 7. The number of thiophene rings is 1. The number of aromatic nitrogens is 1. The van der Waals surface area contributed by atoms with Crippen LogP contribution >= 0.6 is 11.3 Å². The first-order valence-corrected chi connectivity index (χ1v) is 16.8. The fourth-order valence-electron chi connectivity index (χ4n) is 6.13. The van der Waals surface area contributed by atoms with Crippen LogP contribution in [-0.4, -0.2) is 4.57 Å². The Morgan fingerprint density at radius 1 is 0.436 bits per heavy atom. The van der Waals surface area contributed by atoms with E-state index in [2.05, 4.69) is 0 Å². The average molecular weight is 753 g/mol. The zero-order valence-corrected chi connectivity index (χ0v) is 28.1. The largest absolute Gasteiger partial charge is 0.310 e. The third-order valence-electron chi connectivity index (χ3n) is 8.49. The maximum atomic E-state index is 10.0. The average Bonchev–Trinajstić information content (AvgIpc) is 1.65. The minimum atomic E-state index is -1.27. The standard InChI is InChI=1S/C52H34N2S/c1-2-14-40(15-3-1)53(41-28-24-36(25-29-41)39-23-22-35-12-4-5-13-38(35)34-39)49-33-32-43(52-51(49)46-18-8-11-21-50(46)55-52)37-26-30-42(31-27-37)54-47-19-9-6-16-44(47)45-17-7-10-20-48(45)54/h1-34H/i1D,2D,3D,4D,5D,6D,7D,8D,9D,10D,11D,12D,13D,14D,15D,16D,17D,18D,19D,20D,21D,22D,23D,24D,25D,26D,27D,28D,29D,30D,31D,32D,33D,34D. The summed E-state index contributed by atoms with van der Waals surface area (Å²) in [7, 11) is 0. The molecular weight excluding hydrogens is 685 g/mol. The van der Waals surface area contributed by atoms with Gasteiger partial charge in [-0.25, -0.2) is 0 Å². The molecule has 11 rings (SSSR count). The van der Waals surface area contributed by atoms with E-state index in [0.717, 1.165) is 4.57 Å². The molecule has 0 saturated carbocycles. The van der Waals surface area contributed by atoms with Gasteiger partial charge >= 0.3 is 0 Å². The van der Waals surface area contributed by atoms with Gasteiger partial charge in [-0.15, -0.1) is 11.3 Å². The van der Waals surface area contributed by atoms with E-state index in [0.29, 0.717) is 16.2 Å². The number of hydrogen-bond acceptors (Lipinski definition) is 2. The third-order valence-corrected chi connectivity index (χ3v) is 9.61. The van der Waals surface area contributed by atoms with Gasteiger partial charge in [0.2, 0.25) is 0 Å². The van der Waals surface area contributed by atoms with Gasteiger partial charge in [0.1, 0.15) is 0 Å². The summed E-state index contributed by atoms with van der Waals surface area (Å²) < 4.78 is 308. The van der Waals surface area contributed by atoms with E-state index >= 15 is 0 Å². The van der Waals surface area contributed by atoms with Gasteiger partial charge in [-0.3, -0.25) is 0 Å². The van der Waals surface area contributed by atoms with Crippen LogP contribution in [0.15, 0.2) is 205 Å². The minimum absolute atomic E-state index is 0.398. The molecule has 3 heteroatoms. The lowest BCUT2D eigenvalue weighted by Gasteiger charge is -2.27. The van der Waals surface area contributed by atoms with Crippen LogP contribution in [0.1, 0.15) is 46.6 Å². The molecule has 0 spiro atoms. The fourth-order valence-corrected chi connectivity index (χ4v) is 7.25. The van der Waals surface area contributed by atoms with Crippen LogP contribution in [0.2, 0.25) is 0 Å². The minimum Gasteiger partial charge on any atom is -0.310 e. The number of nitrogens with zero attached hydrogens (tertiary/aromatic N) is 2. The lowest BCUT2D eigenvalue weighted by Crippen LogP contribution is -2.10. The first kappa shape index (κ1) is 12.6. The van der Waals surface area contributed by atoms with Gasteiger partial charge in [-0.2, -0.15) is 0 Å². The van der Waals surface area contributed by atoms with Crippen LogP contribution in [0.4, 0.5) is 17.1 Å². The van der Waals surface area contributed by atoms with E-state index in [1.807, 2.05) is 0 Å². The number of para-hydroxylation sites is 3. The van der Waals surface area contributed by atoms with Crippen molar-refractivity contribution >= 4 is 81.1 Å². The van der Waals surface area contributed by atoms with Gasteiger partial charge in [0.05, 0.1) is 63.3 Å². The Hall–Kier alpha value is -6.94. The molecule has 258 valence electrons. The Morgan fingerprint density at radius 3 is 1.76 bits per heavy atom. The smallest absolute Gasteiger partial charge is 0.0645 e. The normalized spacial score (nSPS) is 20.3. The number of anilines is 3. The zero-order valence-electron chi connectivity index (χ0n) is 61.3. The Bertz CT molecular complexity index is 5040. The lowest BCUT2D eigenvalue weighted by atomic mass is 9.99. The molecular formula is C52H34N2S. The van der Waals surface area contributed by atoms with Crippen molar-refractivity contribution < 1.29 is 46.6 Å². The van der Waals surface area contributed by atoms with Crippen molar-refractivity contribution in [2.45, 2.75) is 0 Å². The second-order valence-corrected chi connectivity index (χ2v) is 12.5. The Kier molecular flexibility index (Phi) is 2.94. The molecule has 55 heavy (non-hydrogen) atoms. The van der Waals surface area contributed by atoms with Crippen LogP contribution in [0.3, 0.4) is 0 Å². The summed E-state index contributed by atoms with van der Waals surface area (Å²) in [5, 5.41) is -3.51. The maximum absolute atomic E-state index is 10.0. The molecule has 0 radical (unpaired) electrons. The molecule has 0 bridgehead atoms. The predicted molar refractivity (Wildman–Crippen MR) is 237 cm³/mol. The van der Waals surface area contributed by atoms with Crippen molar-refractivity contribution in [1.29, 1.82) is 0 Å². The number of hydrogen-bond donors (Lipinski definition) is 0. The number of benzene rings is 9. The molecule has 0 saturated heterocycles. The van der Waals surface area contributed by atoms with Crippen LogP contribution in [0, 0.1) is 0 Å². The molecule has 0 unspecified atom stereocenters. The first-order valence-electron chi connectivity index (χ1n) is 33.0. The van der Waals surface area contributed by atoms with Gasteiger partial charge < -0.3 is 9.47 Å². The molecule has 0 N–H and O–H groups in total. The Labute approximate surface area is 371 Å². The number of rotatable bonds is 6. The van der Waals surface area contributed by atoms with Gasteiger partial charge in [-0.1, -0.05) is 139 Å². The third kappa shape index (κ3) is 5.24. The van der Waals surface area contributed by atoms with Crippen molar-refractivity contribution in [2.75, 3.05) is 4.90 Å². The lowest BCUT2D eigenvalue weighted by molar-refractivity contribution is 1.18. The second kappa shape index (κ2) is 12.9.